The zero-order valence-electron chi connectivity index (χ0n) is 14.9. The molecule has 0 amide bonds. The van der Waals surface area contributed by atoms with Crippen LogP contribution in [0.1, 0.15) is 18.4 Å². The summed E-state index contributed by atoms with van der Waals surface area (Å²) in [5.74, 6) is -1.99. The summed E-state index contributed by atoms with van der Waals surface area (Å²) < 4.78 is 28.8. The lowest BCUT2D eigenvalue weighted by atomic mass is 10.0. The third-order valence-corrected chi connectivity index (χ3v) is 4.94. The highest BCUT2D eigenvalue weighted by atomic mass is 19.3. The third kappa shape index (κ3) is 4.39. The van der Waals surface area contributed by atoms with E-state index in [2.05, 4.69) is 25.5 Å². The van der Waals surface area contributed by atoms with E-state index in [1.165, 1.54) is 6.33 Å². The van der Waals surface area contributed by atoms with Crippen LogP contribution in [0.3, 0.4) is 0 Å². The molecule has 6 nitrogen and oxygen atoms in total. The van der Waals surface area contributed by atoms with E-state index in [4.69, 9.17) is 0 Å². The average Bonchev–Trinajstić information content (AvgIpc) is 3.13. The summed E-state index contributed by atoms with van der Waals surface area (Å²) >= 11 is 0. The Bertz CT molecular complexity index is 874. The van der Waals surface area contributed by atoms with Crippen molar-refractivity contribution in [2.75, 3.05) is 25.0 Å². The molecule has 0 bridgehead atoms. The van der Waals surface area contributed by atoms with E-state index < -0.39 is 5.92 Å². The molecule has 0 saturated carbocycles. The van der Waals surface area contributed by atoms with E-state index >= 15 is 0 Å². The molecule has 142 valence electrons. The molecule has 1 aliphatic rings. The molecule has 0 aliphatic carbocycles. The molecule has 0 unspecified atom stereocenters. The first-order chi connectivity index (χ1) is 13.1. The van der Waals surface area contributed by atoms with Gasteiger partial charge in [-0.1, -0.05) is 30.3 Å². The molecule has 0 atom stereocenters. The van der Waals surface area contributed by atoms with Crippen molar-refractivity contribution in [2.45, 2.75) is 31.2 Å². The maximum Gasteiger partial charge on any atom is 0.264 e. The van der Waals surface area contributed by atoms with Crippen molar-refractivity contribution >= 4 is 16.9 Å². The summed E-state index contributed by atoms with van der Waals surface area (Å²) in [5.41, 5.74) is 1.36. The van der Waals surface area contributed by atoms with Crippen molar-refractivity contribution in [2.24, 2.45) is 0 Å². The Labute approximate surface area is 156 Å². The number of aromatic nitrogens is 4. The predicted molar refractivity (Wildman–Crippen MR) is 99.9 cm³/mol. The summed E-state index contributed by atoms with van der Waals surface area (Å²) in [4.78, 5) is 10.3. The highest BCUT2D eigenvalue weighted by Gasteiger charge is 2.33. The van der Waals surface area contributed by atoms with Crippen LogP contribution in [-0.2, 0) is 6.42 Å². The molecule has 3 aromatic rings. The lowest BCUT2D eigenvalue weighted by molar-refractivity contribution is -0.0358. The third-order valence-electron chi connectivity index (χ3n) is 4.94. The fraction of sp³-hybridized carbons (Fsp3) is 0.421. The standard InChI is InChI=1S/C19H22F2N6/c20-19(21,10-14-4-2-1-3-5-14)12-27-8-6-15(7-9-27)25-17-16-11-24-26-18(16)23-13-22-17/h1-5,11,13,15H,6-10,12H2,(H2,22,23,24,25,26). The molecule has 27 heavy (non-hydrogen) atoms. The molecule has 2 aromatic heterocycles. The van der Waals surface area contributed by atoms with Crippen LogP contribution in [0.15, 0.2) is 42.9 Å². The van der Waals surface area contributed by atoms with Crippen molar-refractivity contribution in [3.8, 4) is 0 Å². The van der Waals surface area contributed by atoms with Gasteiger partial charge in [0, 0.05) is 25.6 Å². The van der Waals surface area contributed by atoms with Crippen LogP contribution in [-0.4, -0.2) is 56.7 Å². The summed E-state index contributed by atoms with van der Waals surface area (Å²) in [6.45, 7) is 1.08. The Kier molecular flexibility index (Phi) is 4.98. The normalized spacial score (nSPS) is 16.7. The summed E-state index contributed by atoms with van der Waals surface area (Å²) in [6, 6.07) is 9.15. The topological polar surface area (TPSA) is 69.7 Å². The van der Waals surface area contributed by atoms with Crippen molar-refractivity contribution in [3.63, 3.8) is 0 Å². The Morgan fingerprint density at radius 2 is 1.93 bits per heavy atom. The number of aromatic amines is 1. The second kappa shape index (κ2) is 7.56. The van der Waals surface area contributed by atoms with Crippen LogP contribution in [0.4, 0.5) is 14.6 Å². The van der Waals surface area contributed by atoms with E-state index in [1.807, 2.05) is 11.0 Å². The van der Waals surface area contributed by atoms with Crippen LogP contribution in [0.5, 0.6) is 0 Å². The minimum atomic E-state index is -2.72. The number of nitrogens with one attached hydrogen (secondary N) is 2. The van der Waals surface area contributed by atoms with Crippen molar-refractivity contribution in [1.29, 1.82) is 0 Å². The zero-order chi connectivity index (χ0) is 18.7. The number of likely N-dealkylation sites (tertiary alicyclic amines) is 1. The Morgan fingerprint density at radius 1 is 1.15 bits per heavy atom. The van der Waals surface area contributed by atoms with Gasteiger partial charge in [0.05, 0.1) is 18.1 Å². The van der Waals surface area contributed by atoms with Crippen molar-refractivity contribution < 1.29 is 8.78 Å². The number of halogens is 2. The maximum absolute atomic E-state index is 14.4. The molecule has 8 heteroatoms. The van der Waals surface area contributed by atoms with E-state index in [-0.39, 0.29) is 19.0 Å². The Hall–Kier alpha value is -2.61. The minimum Gasteiger partial charge on any atom is -0.367 e. The SMILES string of the molecule is FC(F)(Cc1ccccc1)CN1CCC(Nc2ncnc3[nH]ncc23)CC1. The fourth-order valence-electron chi connectivity index (χ4n) is 3.59. The van der Waals surface area contributed by atoms with E-state index in [0.717, 1.165) is 24.0 Å². The number of hydrogen-bond acceptors (Lipinski definition) is 5. The van der Waals surface area contributed by atoms with E-state index in [0.29, 0.717) is 24.3 Å². The molecule has 4 rings (SSSR count). The first kappa shape index (κ1) is 17.8. The lowest BCUT2D eigenvalue weighted by Crippen LogP contribution is -2.45. The van der Waals surface area contributed by atoms with Gasteiger partial charge in [-0.25, -0.2) is 18.7 Å². The van der Waals surface area contributed by atoms with Gasteiger partial charge in [-0.3, -0.25) is 10.00 Å². The maximum atomic E-state index is 14.4. The number of nitrogens with zero attached hydrogens (tertiary/aromatic N) is 4. The summed E-state index contributed by atoms with van der Waals surface area (Å²) in [6.07, 6.45) is 4.56. The average molecular weight is 372 g/mol. The number of benzene rings is 1. The number of piperidine rings is 1. The molecule has 2 N–H and O–H groups in total. The fourth-order valence-corrected chi connectivity index (χ4v) is 3.59. The van der Waals surface area contributed by atoms with Gasteiger partial charge in [0.2, 0.25) is 0 Å². The number of rotatable bonds is 6. The van der Waals surface area contributed by atoms with Gasteiger partial charge < -0.3 is 5.32 Å². The molecule has 1 aliphatic heterocycles. The van der Waals surface area contributed by atoms with Gasteiger partial charge in [-0.15, -0.1) is 0 Å². The number of hydrogen-bond donors (Lipinski definition) is 2. The van der Waals surface area contributed by atoms with Crippen molar-refractivity contribution in [3.05, 3.63) is 48.4 Å². The van der Waals surface area contributed by atoms with E-state index in [9.17, 15) is 8.78 Å². The number of alkyl halides is 2. The van der Waals surface area contributed by atoms with Gasteiger partial charge in [-0.05, 0) is 18.4 Å². The molecular formula is C19H22F2N6. The summed E-state index contributed by atoms with van der Waals surface area (Å²) in [5, 5.41) is 11.0. The molecule has 1 fully saturated rings. The minimum absolute atomic E-state index is 0.200. The molecular weight excluding hydrogens is 350 g/mol. The number of H-pyrrole nitrogens is 1. The molecule has 0 spiro atoms. The highest BCUT2D eigenvalue weighted by Crippen LogP contribution is 2.25. The molecule has 1 saturated heterocycles. The number of anilines is 1. The predicted octanol–water partition coefficient (Wildman–Crippen LogP) is 3.11. The van der Waals surface area contributed by atoms with Gasteiger partial charge in [0.1, 0.15) is 12.1 Å². The Morgan fingerprint density at radius 3 is 2.70 bits per heavy atom. The zero-order valence-corrected chi connectivity index (χ0v) is 14.9. The smallest absolute Gasteiger partial charge is 0.264 e. The second-order valence-corrected chi connectivity index (χ2v) is 7.07. The van der Waals surface area contributed by atoms with Crippen molar-refractivity contribution in [1.82, 2.24) is 25.1 Å². The molecule has 3 heterocycles. The van der Waals surface area contributed by atoms with Gasteiger partial charge in [0.15, 0.2) is 5.65 Å². The number of fused-ring (bicyclic) bond motifs is 1. The summed E-state index contributed by atoms with van der Waals surface area (Å²) in [7, 11) is 0. The van der Waals surface area contributed by atoms with Gasteiger partial charge >= 0.3 is 0 Å². The molecule has 0 radical (unpaired) electrons. The van der Waals surface area contributed by atoms with Crippen LogP contribution in [0.25, 0.3) is 11.0 Å². The van der Waals surface area contributed by atoms with Crippen LogP contribution < -0.4 is 5.32 Å². The first-order valence-corrected chi connectivity index (χ1v) is 9.14. The van der Waals surface area contributed by atoms with E-state index in [1.54, 1.807) is 30.5 Å². The monoisotopic (exact) mass is 372 g/mol. The van der Waals surface area contributed by atoms with Gasteiger partial charge in [0.25, 0.3) is 5.92 Å². The van der Waals surface area contributed by atoms with Gasteiger partial charge in [-0.2, -0.15) is 5.10 Å². The van der Waals surface area contributed by atoms with Crippen LogP contribution in [0, 0.1) is 0 Å². The molecule has 1 aromatic carbocycles. The Balaban J connectivity index is 1.30. The van der Waals surface area contributed by atoms with Crippen LogP contribution >= 0.6 is 0 Å². The first-order valence-electron chi connectivity index (χ1n) is 9.14. The van der Waals surface area contributed by atoms with Crippen LogP contribution in [0.2, 0.25) is 0 Å². The quantitative estimate of drug-likeness (QED) is 0.696. The lowest BCUT2D eigenvalue weighted by Gasteiger charge is -2.34. The highest BCUT2D eigenvalue weighted by molar-refractivity contribution is 5.85. The second-order valence-electron chi connectivity index (χ2n) is 7.07. The largest absolute Gasteiger partial charge is 0.367 e.